The third-order valence-electron chi connectivity index (χ3n) is 3.61. The third-order valence-corrected chi connectivity index (χ3v) is 3.61. The van der Waals surface area contributed by atoms with Crippen LogP contribution >= 0.6 is 0 Å². The zero-order valence-corrected chi connectivity index (χ0v) is 12.5. The molecular formula is C17H21NO2. The molecule has 3 heteroatoms. The van der Waals surface area contributed by atoms with Crippen LogP contribution in [-0.2, 0) is 4.74 Å². The molecule has 0 radical (unpaired) electrons. The van der Waals surface area contributed by atoms with Crippen molar-refractivity contribution < 1.29 is 4.74 Å². The van der Waals surface area contributed by atoms with Gasteiger partial charge in [-0.15, -0.1) is 0 Å². The topological polar surface area (TPSA) is 42.1 Å². The Morgan fingerprint density at radius 1 is 1.20 bits per heavy atom. The minimum absolute atomic E-state index is 0.0429. The number of pyridine rings is 1. The van der Waals surface area contributed by atoms with E-state index in [1.807, 2.05) is 58.0 Å². The molecule has 0 spiro atoms. The maximum Gasteiger partial charge on any atom is 0.256 e. The summed E-state index contributed by atoms with van der Waals surface area (Å²) in [6.45, 7) is 8.62. The fraction of sp³-hybridized carbons (Fsp3) is 0.353. The summed E-state index contributed by atoms with van der Waals surface area (Å²) in [4.78, 5) is 14.9. The van der Waals surface area contributed by atoms with Crippen molar-refractivity contribution in [3.63, 3.8) is 0 Å². The SMILES string of the molecule is CCO[C@@H](C)c1ccc(-c2cc(C)c(C)[nH]c2=O)cc1. The quantitative estimate of drug-likeness (QED) is 0.920. The highest BCUT2D eigenvalue weighted by Gasteiger charge is 2.08. The first-order chi connectivity index (χ1) is 9.52. The van der Waals surface area contributed by atoms with Gasteiger partial charge in [-0.3, -0.25) is 4.79 Å². The number of H-pyrrole nitrogens is 1. The fourth-order valence-electron chi connectivity index (χ4n) is 2.22. The van der Waals surface area contributed by atoms with Gasteiger partial charge in [-0.2, -0.15) is 0 Å². The van der Waals surface area contributed by atoms with Gasteiger partial charge >= 0.3 is 0 Å². The van der Waals surface area contributed by atoms with E-state index in [9.17, 15) is 4.79 Å². The van der Waals surface area contributed by atoms with Gasteiger partial charge in [0, 0.05) is 17.9 Å². The number of benzene rings is 1. The molecule has 0 amide bonds. The predicted molar refractivity (Wildman–Crippen MR) is 82.0 cm³/mol. The predicted octanol–water partition coefficient (Wildman–Crippen LogP) is 3.76. The Labute approximate surface area is 119 Å². The molecule has 3 nitrogen and oxygen atoms in total. The molecule has 0 bridgehead atoms. The van der Waals surface area contributed by atoms with Gasteiger partial charge in [0.25, 0.3) is 5.56 Å². The molecule has 20 heavy (non-hydrogen) atoms. The second-order valence-corrected chi connectivity index (χ2v) is 5.04. The molecule has 1 aromatic carbocycles. The Morgan fingerprint density at radius 3 is 2.45 bits per heavy atom. The van der Waals surface area contributed by atoms with Gasteiger partial charge in [-0.25, -0.2) is 0 Å². The number of nitrogens with one attached hydrogen (secondary N) is 1. The van der Waals surface area contributed by atoms with Crippen molar-refractivity contribution in [2.45, 2.75) is 33.8 Å². The number of hydrogen-bond acceptors (Lipinski definition) is 2. The van der Waals surface area contributed by atoms with Crippen molar-refractivity contribution in [3.05, 3.63) is 57.5 Å². The highest BCUT2D eigenvalue weighted by atomic mass is 16.5. The number of aromatic nitrogens is 1. The molecule has 2 aromatic rings. The standard InChI is InChI=1S/C17H21NO2/c1-5-20-13(4)14-6-8-15(9-7-14)16-10-11(2)12(3)18-17(16)19/h6-10,13H,5H2,1-4H3,(H,18,19)/t13-/m0/s1. The molecule has 1 atom stereocenters. The first kappa shape index (κ1) is 14.5. The first-order valence-electron chi connectivity index (χ1n) is 6.95. The van der Waals surface area contributed by atoms with Crippen LogP contribution in [-0.4, -0.2) is 11.6 Å². The maximum absolute atomic E-state index is 12.0. The molecule has 1 heterocycles. The average molecular weight is 271 g/mol. The summed E-state index contributed by atoms with van der Waals surface area (Å²) in [7, 11) is 0. The molecule has 1 N–H and O–H groups in total. The normalized spacial score (nSPS) is 12.4. The zero-order valence-electron chi connectivity index (χ0n) is 12.5. The Hall–Kier alpha value is -1.87. The van der Waals surface area contributed by atoms with E-state index in [0.29, 0.717) is 12.2 Å². The van der Waals surface area contributed by atoms with Gasteiger partial charge in [0.05, 0.1) is 6.10 Å². The van der Waals surface area contributed by atoms with Crippen molar-refractivity contribution in [1.29, 1.82) is 0 Å². The van der Waals surface area contributed by atoms with Crippen LogP contribution in [0, 0.1) is 13.8 Å². The molecular weight excluding hydrogens is 250 g/mol. The lowest BCUT2D eigenvalue weighted by atomic mass is 10.0. The first-order valence-corrected chi connectivity index (χ1v) is 6.95. The van der Waals surface area contributed by atoms with Gasteiger partial charge in [0.2, 0.25) is 0 Å². The van der Waals surface area contributed by atoms with Crippen molar-refractivity contribution in [3.8, 4) is 11.1 Å². The summed E-state index contributed by atoms with van der Waals surface area (Å²) >= 11 is 0. The van der Waals surface area contributed by atoms with Gasteiger partial charge in [0.1, 0.15) is 0 Å². The lowest BCUT2D eigenvalue weighted by molar-refractivity contribution is 0.0764. The largest absolute Gasteiger partial charge is 0.374 e. The number of hydrogen-bond donors (Lipinski definition) is 1. The van der Waals surface area contributed by atoms with Crippen LogP contribution in [0.2, 0.25) is 0 Å². The Balaban J connectivity index is 2.35. The lowest BCUT2D eigenvalue weighted by Gasteiger charge is -2.12. The molecule has 1 aromatic heterocycles. The van der Waals surface area contributed by atoms with Crippen molar-refractivity contribution in [2.24, 2.45) is 0 Å². The van der Waals surface area contributed by atoms with Gasteiger partial charge < -0.3 is 9.72 Å². The van der Waals surface area contributed by atoms with Crippen LogP contribution in [0.25, 0.3) is 11.1 Å². The van der Waals surface area contributed by atoms with Crippen LogP contribution in [0.1, 0.15) is 36.8 Å². The van der Waals surface area contributed by atoms with Gasteiger partial charge in [0.15, 0.2) is 0 Å². The highest BCUT2D eigenvalue weighted by Crippen LogP contribution is 2.22. The Kier molecular flexibility index (Phi) is 4.40. The van der Waals surface area contributed by atoms with Gasteiger partial charge in [-0.05, 0) is 50.5 Å². The van der Waals surface area contributed by atoms with E-state index in [0.717, 1.165) is 22.4 Å². The van der Waals surface area contributed by atoms with E-state index < -0.39 is 0 Å². The molecule has 2 rings (SSSR count). The van der Waals surface area contributed by atoms with Crippen molar-refractivity contribution in [1.82, 2.24) is 4.98 Å². The zero-order chi connectivity index (χ0) is 14.7. The van der Waals surface area contributed by atoms with Crippen LogP contribution in [0.3, 0.4) is 0 Å². The summed E-state index contributed by atoms with van der Waals surface area (Å²) in [5.41, 5.74) is 4.73. The monoisotopic (exact) mass is 271 g/mol. The Bertz CT molecular complexity index is 641. The summed E-state index contributed by atoms with van der Waals surface area (Å²) in [6.07, 6.45) is 0.0760. The minimum Gasteiger partial charge on any atom is -0.374 e. The average Bonchev–Trinajstić information content (AvgIpc) is 2.43. The molecule has 0 aliphatic heterocycles. The van der Waals surface area contributed by atoms with E-state index >= 15 is 0 Å². The van der Waals surface area contributed by atoms with Crippen molar-refractivity contribution >= 4 is 0 Å². The molecule has 0 unspecified atom stereocenters. The molecule has 0 fully saturated rings. The molecule has 0 aliphatic rings. The highest BCUT2D eigenvalue weighted by molar-refractivity contribution is 5.63. The van der Waals surface area contributed by atoms with Gasteiger partial charge in [-0.1, -0.05) is 24.3 Å². The molecule has 0 saturated carbocycles. The van der Waals surface area contributed by atoms with Crippen molar-refractivity contribution in [2.75, 3.05) is 6.61 Å². The van der Waals surface area contributed by atoms with Crippen LogP contribution in [0.5, 0.6) is 0 Å². The second-order valence-electron chi connectivity index (χ2n) is 5.04. The number of aryl methyl sites for hydroxylation is 2. The summed E-state index contributed by atoms with van der Waals surface area (Å²) in [5.74, 6) is 0. The van der Waals surface area contributed by atoms with Crippen LogP contribution in [0.15, 0.2) is 35.1 Å². The maximum atomic E-state index is 12.0. The number of ether oxygens (including phenoxy) is 1. The summed E-state index contributed by atoms with van der Waals surface area (Å²) in [5, 5.41) is 0. The second kappa shape index (κ2) is 6.06. The summed E-state index contributed by atoms with van der Waals surface area (Å²) < 4.78 is 5.56. The molecule has 0 saturated heterocycles. The molecule has 0 aliphatic carbocycles. The van der Waals surface area contributed by atoms with E-state index in [1.165, 1.54) is 0 Å². The van der Waals surface area contributed by atoms with E-state index in [4.69, 9.17) is 4.74 Å². The third kappa shape index (κ3) is 2.99. The van der Waals surface area contributed by atoms with E-state index in [1.54, 1.807) is 0 Å². The van der Waals surface area contributed by atoms with E-state index in [-0.39, 0.29) is 11.7 Å². The minimum atomic E-state index is -0.0429. The van der Waals surface area contributed by atoms with E-state index in [2.05, 4.69) is 4.98 Å². The lowest BCUT2D eigenvalue weighted by Crippen LogP contribution is -2.11. The molecule has 106 valence electrons. The Morgan fingerprint density at radius 2 is 1.85 bits per heavy atom. The number of rotatable bonds is 4. The summed E-state index contributed by atoms with van der Waals surface area (Å²) in [6, 6.07) is 9.93. The number of aromatic amines is 1. The smallest absolute Gasteiger partial charge is 0.256 e. The van der Waals surface area contributed by atoms with Crippen LogP contribution in [0.4, 0.5) is 0 Å². The fourth-order valence-corrected chi connectivity index (χ4v) is 2.22. The van der Waals surface area contributed by atoms with Crippen LogP contribution < -0.4 is 5.56 Å².